The van der Waals surface area contributed by atoms with Gasteiger partial charge in [-0.25, -0.2) is 0 Å². The highest BCUT2D eigenvalue weighted by Gasteiger charge is 2.43. The monoisotopic (exact) mass is 283 g/mol. The van der Waals surface area contributed by atoms with Crippen LogP contribution in [0, 0.1) is 17.8 Å². The molecule has 5 atom stereocenters. The lowest BCUT2D eigenvalue weighted by Crippen LogP contribution is -2.42. The maximum atomic E-state index is 10.6. The Bertz CT molecular complexity index is 563. The van der Waals surface area contributed by atoms with Crippen LogP contribution in [0.4, 0.5) is 0 Å². The summed E-state index contributed by atoms with van der Waals surface area (Å²) in [7, 11) is 0. The van der Waals surface area contributed by atoms with E-state index < -0.39 is 6.10 Å². The van der Waals surface area contributed by atoms with Crippen molar-refractivity contribution in [2.45, 2.75) is 37.8 Å². The van der Waals surface area contributed by atoms with Gasteiger partial charge >= 0.3 is 0 Å². The van der Waals surface area contributed by atoms with Crippen LogP contribution in [0.2, 0.25) is 0 Å². The number of benzene rings is 1. The molecule has 0 radical (unpaired) electrons. The highest BCUT2D eigenvalue weighted by Crippen LogP contribution is 2.50. The minimum absolute atomic E-state index is 0.00315. The van der Waals surface area contributed by atoms with Gasteiger partial charge in [-0.05, 0) is 48.6 Å². The predicted octanol–water partition coefficient (Wildman–Crippen LogP) is 4.39. The second-order valence-electron chi connectivity index (χ2n) is 6.46. The van der Waals surface area contributed by atoms with Crippen LogP contribution in [0.15, 0.2) is 47.6 Å². The van der Waals surface area contributed by atoms with E-state index in [2.05, 4.69) is 16.6 Å². The number of hydrogen-bond acceptors (Lipinski definition) is 2. The summed E-state index contributed by atoms with van der Waals surface area (Å²) >= 11 is 0. The van der Waals surface area contributed by atoms with Gasteiger partial charge in [0.15, 0.2) is 0 Å². The van der Waals surface area contributed by atoms with Crippen molar-refractivity contribution in [1.82, 2.24) is 0 Å². The lowest BCUT2D eigenvalue weighted by molar-refractivity contribution is -0.0163. The first kappa shape index (κ1) is 14.2. The van der Waals surface area contributed by atoms with Crippen molar-refractivity contribution in [1.29, 1.82) is 0 Å². The van der Waals surface area contributed by atoms with Gasteiger partial charge in [0.05, 0.1) is 12.1 Å². The zero-order chi connectivity index (χ0) is 14.8. The maximum absolute atomic E-state index is 10.6. The van der Waals surface area contributed by atoms with Crippen molar-refractivity contribution < 1.29 is 5.11 Å². The van der Waals surface area contributed by atoms with Crippen molar-refractivity contribution in [3.05, 3.63) is 58.5 Å². The zero-order valence-corrected chi connectivity index (χ0v) is 12.1. The van der Waals surface area contributed by atoms with Gasteiger partial charge in [0.25, 0.3) is 0 Å². The molecule has 0 heterocycles. The van der Waals surface area contributed by atoms with E-state index >= 15 is 0 Å². The van der Waals surface area contributed by atoms with Crippen LogP contribution in [0.3, 0.4) is 0 Å². The fourth-order valence-electron chi connectivity index (χ4n) is 4.28. The van der Waals surface area contributed by atoms with Crippen molar-refractivity contribution in [3.63, 3.8) is 0 Å². The third-order valence-corrected chi connectivity index (χ3v) is 5.01. The summed E-state index contributed by atoms with van der Waals surface area (Å²) in [4.78, 5) is 3.04. The molecule has 0 amide bonds. The summed E-state index contributed by atoms with van der Waals surface area (Å²) < 4.78 is 0. The van der Waals surface area contributed by atoms with Crippen LogP contribution < -0.4 is 0 Å². The molecule has 2 bridgehead atoms. The Morgan fingerprint density at radius 3 is 2.71 bits per heavy atom. The van der Waals surface area contributed by atoms with Gasteiger partial charge in [-0.3, -0.25) is 0 Å². The number of azide groups is 1. The number of allylic oxidation sites excluding steroid dienone is 1. The summed E-state index contributed by atoms with van der Waals surface area (Å²) in [6, 6.07) is 9.53. The zero-order valence-electron chi connectivity index (χ0n) is 12.1. The van der Waals surface area contributed by atoms with Crippen molar-refractivity contribution in [2.24, 2.45) is 22.9 Å². The Morgan fingerprint density at radius 2 is 2.00 bits per heavy atom. The number of fused-ring (bicyclic) bond motifs is 2. The molecule has 0 saturated heterocycles. The van der Waals surface area contributed by atoms with E-state index in [4.69, 9.17) is 5.53 Å². The summed E-state index contributed by atoms with van der Waals surface area (Å²) in [5, 5.41) is 14.6. The van der Waals surface area contributed by atoms with Gasteiger partial charge in [-0.1, -0.05) is 47.6 Å². The van der Waals surface area contributed by atoms with Gasteiger partial charge in [0.2, 0.25) is 0 Å². The summed E-state index contributed by atoms with van der Waals surface area (Å²) in [6.45, 7) is 4.15. The minimum Gasteiger partial charge on any atom is -0.393 e. The number of rotatable bonds is 3. The molecule has 0 spiro atoms. The highest BCUT2D eigenvalue weighted by atomic mass is 16.3. The first-order valence-electron chi connectivity index (χ1n) is 7.63. The molecule has 1 aromatic carbocycles. The van der Waals surface area contributed by atoms with Gasteiger partial charge in [0, 0.05) is 10.8 Å². The van der Waals surface area contributed by atoms with Crippen LogP contribution in [0.25, 0.3) is 10.4 Å². The third-order valence-electron chi connectivity index (χ3n) is 5.01. The topological polar surface area (TPSA) is 69.0 Å². The highest BCUT2D eigenvalue weighted by molar-refractivity contribution is 5.22. The van der Waals surface area contributed by atoms with E-state index in [0.717, 1.165) is 31.2 Å². The number of hydrogen-bond donors (Lipinski definition) is 1. The molecule has 4 heteroatoms. The molecule has 0 aliphatic heterocycles. The SMILES string of the molecule is C=C1CC2CC(C1)[C@H](C(N=[N+]=[N-])c1ccccc1)[C@H](O)C2. The van der Waals surface area contributed by atoms with Gasteiger partial charge < -0.3 is 5.11 Å². The number of aliphatic hydroxyl groups is 1. The van der Waals surface area contributed by atoms with Crippen molar-refractivity contribution >= 4 is 0 Å². The summed E-state index contributed by atoms with van der Waals surface area (Å²) in [5.41, 5.74) is 11.2. The molecule has 2 aliphatic rings. The van der Waals surface area contributed by atoms with Crippen LogP contribution in [-0.2, 0) is 0 Å². The lowest BCUT2D eigenvalue weighted by atomic mass is 9.62. The molecule has 1 aromatic rings. The molecule has 2 fully saturated rings. The second-order valence-corrected chi connectivity index (χ2v) is 6.46. The van der Waals surface area contributed by atoms with E-state index in [9.17, 15) is 5.11 Å². The maximum Gasteiger partial charge on any atom is 0.0680 e. The van der Waals surface area contributed by atoms with E-state index in [1.807, 2.05) is 30.3 Å². The van der Waals surface area contributed by atoms with Gasteiger partial charge in [-0.15, -0.1) is 0 Å². The molecule has 3 unspecified atom stereocenters. The first-order valence-corrected chi connectivity index (χ1v) is 7.63. The van der Waals surface area contributed by atoms with Crippen LogP contribution in [0.1, 0.15) is 37.3 Å². The molecule has 2 saturated carbocycles. The molecule has 0 aromatic heterocycles. The Balaban J connectivity index is 1.94. The normalized spacial score (nSPS) is 33.1. The third kappa shape index (κ3) is 2.82. The van der Waals surface area contributed by atoms with Gasteiger partial charge in [0.1, 0.15) is 0 Å². The Kier molecular flexibility index (Phi) is 4.00. The van der Waals surface area contributed by atoms with Gasteiger partial charge in [-0.2, -0.15) is 0 Å². The molecule has 110 valence electrons. The molecule has 1 N–H and O–H groups in total. The number of aliphatic hydroxyl groups excluding tert-OH is 1. The van der Waals surface area contributed by atoms with E-state index in [1.165, 1.54) is 5.57 Å². The predicted molar refractivity (Wildman–Crippen MR) is 82.4 cm³/mol. The van der Waals surface area contributed by atoms with Crippen molar-refractivity contribution in [2.75, 3.05) is 0 Å². The second kappa shape index (κ2) is 5.92. The molecule has 3 rings (SSSR count). The lowest BCUT2D eigenvalue weighted by Gasteiger charge is -2.46. The summed E-state index contributed by atoms with van der Waals surface area (Å²) in [5.74, 6) is 0.914. The molecular weight excluding hydrogens is 262 g/mol. The Labute approximate surface area is 125 Å². The Hall–Kier alpha value is -1.77. The van der Waals surface area contributed by atoms with E-state index in [-0.39, 0.29) is 12.0 Å². The Morgan fingerprint density at radius 1 is 1.24 bits per heavy atom. The van der Waals surface area contributed by atoms with Crippen LogP contribution in [-0.4, -0.2) is 11.2 Å². The average Bonchev–Trinajstić information content (AvgIpc) is 2.46. The minimum atomic E-state index is -0.391. The molecule has 21 heavy (non-hydrogen) atoms. The fraction of sp³-hybridized carbons (Fsp3) is 0.529. The molecular formula is C17H21N3O. The largest absolute Gasteiger partial charge is 0.393 e. The van der Waals surface area contributed by atoms with Crippen molar-refractivity contribution in [3.8, 4) is 0 Å². The van der Waals surface area contributed by atoms with Crippen LogP contribution >= 0.6 is 0 Å². The smallest absolute Gasteiger partial charge is 0.0680 e. The summed E-state index contributed by atoms with van der Waals surface area (Å²) in [6.07, 6.45) is 3.51. The standard InChI is InChI=1S/C17H21N3O/c1-11-7-12-9-14(8-11)16(15(21)10-12)17(19-20-18)13-5-3-2-4-6-13/h2-6,12,14-17,21H,1,7-10H2/t12?,14?,15-,16+,17?/m1/s1. The van der Waals surface area contributed by atoms with E-state index in [0.29, 0.717) is 11.8 Å². The van der Waals surface area contributed by atoms with Crippen LogP contribution in [0.5, 0.6) is 0 Å². The first-order chi connectivity index (χ1) is 10.2. The molecule has 2 aliphatic carbocycles. The number of nitrogens with zero attached hydrogens (tertiary/aromatic N) is 3. The molecule has 4 nitrogen and oxygen atoms in total. The quantitative estimate of drug-likeness (QED) is 0.380. The van der Waals surface area contributed by atoms with E-state index in [1.54, 1.807) is 0 Å². The average molecular weight is 283 g/mol. The fourth-order valence-corrected chi connectivity index (χ4v) is 4.28.